The Hall–Kier alpha value is -2.28. The average molecular weight is 574 g/mol. The minimum Gasteiger partial charge on any atom is -0.337 e. The largest absolute Gasteiger partial charge is 0.337 e. The van der Waals surface area contributed by atoms with Gasteiger partial charge in [0.05, 0.1) is 6.33 Å². The number of carbonyl (C=O) groups is 1. The molecule has 1 heterocycles. The lowest BCUT2D eigenvalue weighted by Gasteiger charge is -2.37. The van der Waals surface area contributed by atoms with E-state index in [-0.39, 0.29) is 32.1 Å². The molecule has 1 N–H and O–H groups in total. The van der Waals surface area contributed by atoms with E-state index in [0.29, 0.717) is 5.92 Å². The van der Waals surface area contributed by atoms with E-state index < -0.39 is 0 Å². The van der Waals surface area contributed by atoms with Gasteiger partial charge in [0.1, 0.15) is 0 Å². The van der Waals surface area contributed by atoms with Gasteiger partial charge < -0.3 is 9.88 Å². The van der Waals surface area contributed by atoms with Crippen molar-refractivity contribution in [1.82, 2.24) is 14.9 Å². The summed E-state index contributed by atoms with van der Waals surface area (Å²) in [6.45, 7) is 16.0. The van der Waals surface area contributed by atoms with Crippen molar-refractivity contribution in [3.63, 3.8) is 0 Å². The van der Waals surface area contributed by atoms with Crippen LogP contribution in [0.5, 0.6) is 0 Å². The van der Waals surface area contributed by atoms with E-state index in [1.165, 1.54) is 29.6 Å². The molecule has 1 aliphatic rings. The number of amides is 1. The van der Waals surface area contributed by atoms with Crippen molar-refractivity contribution in [1.29, 1.82) is 0 Å². The van der Waals surface area contributed by atoms with Gasteiger partial charge in [-0.25, -0.2) is 4.98 Å². The monoisotopic (exact) mass is 573 g/mol. The molecule has 1 atom stereocenters. The van der Waals surface area contributed by atoms with Crippen LogP contribution in [0.15, 0.2) is 87.2 Å². The summed E-state index contributed by atoms with van der Waals surface area (Å²) in [5.74, 6) is 0.467. The summed E-state index contributed by atoms with van der Waals surface area (Å²) in [5, 5.41) is 2.91. The summed E-state index contributed by atoms with van der Waals surface area (Å²) in [4.78, 5) is 16.3. The van der Waals surface area contributed by atoms with Gasteiger partial charge in [0.25, 0.3) is 0 Å². The van der Waals surface area contributed by atoms with Crippen LogP contribution in [0.2, 0.25) is 0 Å². The minimum absolute atomic E-state index is 0.0712. The molecule has 4 nitrogen and oxygen atoms in total. The van der Waals surface area contributed by atoms with Crippen LogP contribution < -0.4 is 5.32 Å². The predicted octanol–water partition coefficient (Wildman–Crippen LogP) is 7.41. The molecule has 0 bridgehead atoms. The van der Waals surface area contributed by atoms with E-state index >= 15 is 0 Å². The van der Waals surface area contributed by atoms with Gasteiger partial charge in [-0.05, 0) is 74.0 Å². The van der Waals surface area contributed by atoms with Crippen LogP contribution in [0, 0.1) is 11.3 Å². The number of nitrogens with zero attached hydrogens (tertiary/aromatic N) is 2. The summed E-state index contributed by atoms with van der Waals surface area (Å²) in [7, 11) is 0. The maximum Gasteiger partial charge on any atom is 0.248 e. The summed E-state index contributed by atoms with van der Waals surface area (Å²) in [6, 6.07) is 0. The standard InChI is InChI=1S/C29H40IN3O/c1-8-30-19-24(4)32-28(34)18-23(3)11-9-10-22(2)12-13-27-25(5)26(14-15-29(27,6)7)20-33-17-16-31-21-33/h8-13,16-19,21,26H,14-15,20H2,1-7H3,(H,32,34)/b11-9+,13-12+,22-10+,23-18+,24-19+. The first-order valence-corrected chi connectivity index (χ1v) is 14.4. The van der Waals surface area contributed by atoms with Crippen molar-refractivity contribution >= 4 is 30.6 Å². The van der Waals surface area contributed by atoms with E-state index in [9.17, 15) is 4.79 Å². The molecule has 0 saturated heterocycles. The molecule has 34 heavy (non-hydrogen) atoms. The van der Waals surface area contributed by atoms with Crippen LogP contribution in [0.3, 0.4) is 0 Å². The average Bonchev–Trinajstić information content (AvgIpc) is 3.27. The first kappa shape index (κ1) is 28.0. The first-order chi connectivity index (χ1) is 16.1. The van der Waals surface area contributed by atoms with Gasteiger partial charge in [0, 0.05) is 30.7 Å². The quantitative estimate of drug-likeness (QED) is 0.190. The SMILES string of the molecule is CC=I/C=C(\C)NC(=O)/C=C(C)/C=C/C=C(C)/C=C/C1=C(C)C(Cn2ccnc2)CCC1(C)C. The highest BCUT2D eigenvalue weighted by molar-refractivity contribution is 14.2. The Labute approximate surface area is 216 Å². The third-order valence-corrected chi connectivity index (χ3v) is 8.15. The Morgan fingerprint density at radius 3 is 2.71 bits per heavy atom. The molecule has 0 aromatic carbocycles. The number of imidazole rings is 1. The van der Waals surface area contributed by atoms with E-state index in [0.717, 1.165) is 17.8 Å². The molecular weight excluding hydrogens is 533 g/mol. The number of allylic oxidation sites excluding steroid dienone is 10. The molecule has 5 heteroatoms. The van der Waals surface area contributed by atoms with Crippen molar-refractivity contribution in [2.45, 2.75) is 67.9 Å². The number of halogens is 1. The highest BCUT2D eigenvalue weighted by Crippen LogP contribution is 2.44. The molecule has 0 fully saturated rings. The van der Waals surface area contributed by atoms with Gasteiger partial charge in [-0.3, -0.25) is 4.79 Å². The number of hydrogen-bond donors (Lipinski definition) is 1. The first-order valence-electron chi connectivity index (χ1n) is 11.9. The third kappa shape index (κ3) is 9.16. The number of nitrogens with one attached hydrogen (secondary N) is 1. The number of rotatable bonds is 9. The Balaban J connectivity index is 2.05. The fraction of sp³-hybridized carbons (Fsp3) is 0.414. The Kier molecular flexibility index (Phi) is 11.2. The third-order valence-electron chi connectivity index (χ3n) is 6.14. The summed E-state index contributed by atoms with van der Waals surface area (Å²) >= 11 is -0.0712. The van der Waals surface area contributed by atoms with Gasteiger partial charge in [-0.15, -0.1) is 0 Å². The van der Waals surface area contributed by atoms with E-state index in [4.69, 9.17) is 0 Å². The van der Waals surface area contributed by atoms with Crippen LogP contribution in [0.25, 0.3) is 0 Å². The second kappa shape index (κ2) is 13.6. The van der Waals surface area contributed by atoms with Crippen LogP contribution in [-0.4, -0.2) is 19.5 Å². The van der Waals surface area contributed by atoms with Crippen molar-refractivity contribution < 1.29 is 4.79 Å². The second-order valence-corrected chi connectivity index (χ2v) is 12.2. The molecule has 1 amide bonds. The zero-order valence-electron chi connectivity index (χ0n) is 21.7. The molecule has 0 aliphatic heterocycles. The molecule has 0 radical (unpaired) electrons. The normalized spacial score (nSPS) is 20.4. The molecule has 1 aromatic rings. The van der Waals surface area contributed by atoms with Crippen molar-refractivity contribution in [3.05, 3.63) is 87.2 Å². The van der Waals surface area contributed by atoms with Crippen LogP contribution >= 0.6 is 20.7 Å². The summed E-state index contributed by atoms with van der Waals surface area (Å²) in [5.41, 5.74) is 6.13. The Morgan fingerprint density at radius 2 is 2.03 bits per heavy atom. The zero-order valence-corrected chi connectivity index (χ0v) is 23.9. The smallest absolute Gasteiger partial charge is 0.248 e. The molecule has 184 valence electrons. The maximum atomic E-state index is 12.1. The molecule has 1 aromatic heterocycles. The zero-order chi connectivity index (χ0) is 25.1. The lowest BCUT2D eigenvalue weighted by molar-refractivity contribution is -0.115. The van der Waals surface area contributed by atoms with E-state index in [2.05, 4.69) is 68.9 Å². The molecule has 2 rings (SSSR count). The van der Waals surface area contributed by atoms with Crippen molar-refractivity contribution in [2.24, 2.45) is 11.3 Å². The molecule has 1 aliphatic carbocycles. The predicted molar refractivity (Wildman–Crippen MR) is 155 cm³/mol. The van der Waals surface area contributed by atoms with Crippen LogP contribution in [0.1, 0.15) is 61.3 Å². The fourth-order valence-corrected chi connectivity index (χ4v) is 5.22. The van der Waals surface area contributed by atoms with Crippen LogP contribution in [-0.2, 0) is 11.3 Å². The van der Waals surface area contributed by atoms with Gasteiger partial charge in [-0.1, -0.05) is 80.1 Å². The fourth-order valence-electron chi connectivity index (χ4n) is 4.17. The molecular formula is C29H40IN3O. The Bertz CT molecular complexity index is 1050. The maximum absolute atomic E-state index is 12.1. The van der Waals surface area contributed by atoms with Gasteiger partial charge in [-0.2, -0.15) is 0 Å². The highest BCUT2D eigenvalue weighted by atomic mass is 127. The minimum atomic E-state index is -0.0798. The van der Waals surface area contributed by atoms with E-state index in [1.807, 2.05) is 51.6 Å². The van der Waals surface area contributed by atoms with Gasteiger partial charge in [0.2, 0.25) is 5.91 Å². The molecule has 0 saturated carbocycles. The number of aromatic nitrogens is 2. The lowest BCUT2D eigenvalue weighted by atomic mass is 9.68. The molecule has 1 unspecified atom stereocenters. The topological polar surface area (TPSA) is 46.9 Å². The summed E-state index contributed by atoms with van der Waals surface area (Å²) < 4.78 is 6.45. The molecule has 0 spiro atoms. The lowest BCUT2D eigenvalue weighted by Crippen LogP contribution is -2.26. The summed E-state index contributed by atoms with van der Waals surface area (Å²) in [6.07, 6.45) is 20.4. The van der Waals surface area contributed by atoms with Gasteiger partial charge >= 0.3 is 0 Å². The Morgan fingerprint density at radius 1 is 1.26 bits per heavy atom. The second-order valence-electron chi connectivity index (χ2n) is 9.59. The van der Waals surface area contributed by atoms with E-state index in [1.54, 1.807) is 6.08 Å². The van der Waals surface area contributed by atoms with Crippen molar-refractivity contribution in [3.8, 4) is 0 Å². The number of carbonyl (C=O) groups excluding carboxylic acids is 1. The van der Waals surface area contributed by atoms with Crippen molar-refractivity contribution in [2.75, 3.05) is 0 Å². The van der Waals surface area contributed by atoms with Crippen LogP contribution in [0.4, 0.5) is 0 Å². The highest BCUT2D eigenvalue weighted by Gasteiger charge is 2.31. The van der Waals surface area contributed by atoms with Gasteiger partial charge in [0.15, 0.2) is 0 Å². The number of hydrogen-bond acceptors (Lipinski definition) is 2.